The molecule has 0 saturated heterocycles. The maximum absolute atomic E-state index is 11.5. The summed E-state index contributed by atoms with van der Waals surface area (Å²) in [5.74, 6) is -0.152. The monoisotopic (exact) mass is 704 g/mol. The second kappa shape index (κ2) is 39.0. The van der Waals surface area contributed by atoms with E-state index in [9.17, 15) is 4.79 Å². The highest BCUT2D eigenvalue weighted by Gasteiger charge is 2.02. The van der Waals surface area contributed by atoms with Crippen molar-refractivity contribution in [2.24, 2.45) is 0 Å². The lowest BCUT2D eigenvalue weighted by molar-refractivity contribution is -0.145. The molecule has 0 aliphatic rings. The van der Waals surface area contributed by atoms with Crippen LogP contribution in [-0.2, 0) is 68.2 Å². The molecule has 0 amide bonds. The number of hydrogen-bond acceptors (Lipinski definition) is 13. The molecule has 0 bridgehead atoms. The number of esters is 1. The first-order valence-electron chi connectivity index (χ1n) is 17.9. The molecule has 0 aliphatic carbocycles. The van der Waals surface area contributed by atoms with Crippen molar-refractivity contribution in [2.45, 2.75) is 45.6 Å². The van der Waals surface area contributed by atoms with Gasteiger partial charge in [-0.25, -0.2) is 0 Å². The fourth-order valence-corrected chi connectivity index (χ4v) is 3.95. The minimum absolute atomic E-state index is 0.152. The lowest BCUT2D eigenvalue weighted by Crippen LogP contribution is -2.15. The molecule has 0 radical (unpaired) electrons. The third-order valence-corrected chi connectivity index (χ3v) is 6.56. The number of ether oxygens (including phenoxy) is 12. The van der Waals surface area contributed by atoms with Crippen molar-refractivity contribution >= 4 is 5.97 Å². The molecule has 1 aromatic rings. The molecular formula is C36H64O13. The summed E-state index contributed by atoms with van der Waals surface area (Å²) in [6.07, 6.45) is 4.76. The Hall–Kier alpha value is -1.75. The molecule has 0 saturated carbocycles. The van der Waals surface area contributed by atoms with Crippen molar-refractivity contribution in [3.63, 3.8) is 0 Å². The molecule has 13 heteroatoms. The van der Waals surface area contributed by atoms with Gasteiger partial charge >= 0.3 is 5.97 Å². The van der Waals surface area contributed by atoms with Gasteiger partial charge in [-0.3, -0.25) is 4.79 Å². The highest BCUT2D eigenvalue weighted by Crippen LogP contribution is 2.03. The standard InChI is InChI=1S/C36H64O13/c1-2-3-4-8-11-36(37)49-33-32-47-29-28-45-25-24-43-21-20-41-17-16-39-13-12-38-14-15-40-18-19-42-22-23-44-26-27-46-30-31-48-34-35-9-6-5-7-10-35/h5-7,9-10H,2-4,8,11-34H2,1H3. The molecule has 286 valence electrons. The SMILES string of the molecule is CCCCCCC(=O)OCCOCCOCCOCCOCCOCCOCCOCCOCCOCCOCCOCc1ccccc1. The zero-order chi connectivity index (χ0) is 35.0. The van der Waals surface area contributed by atoms with Gasteiger partial charge in [0.2, 0.25) is 0 Å². The molecule has 13 nitrogen and oxygen atoms in total. The Morgan fingerprint density at radius 3 is 1.08 bits per heavy atom. The van der Waals surface area contributed by atoms with E-state index < -0.39 is 0 Å². The summed E-state index contributed by atoms with van der Waals surface area (Å²) < 4.78 is 65.4. The summed E-state index contributed by atoms with van der Waals surface area (Å²) in [5, 5.41) is 0. The summed E-state index contributed by atoms with van der Waals surface area (Å²) in [7, 11) is 0. The second-order valence-electron chi connectivity index (χ2n) is 10.7. The molecule has 0 atom stereocenters. The summed E-state index contributed by atoms with van der Waals surface area (Å²) in [4.78, 5) is 11.5. The molecule has 0 spiro atoms. The minimum atomic E-state index is -0.152. The number of rotatable bonds is 40. The fraction of sp³-hybridized carbons (Fsp3) is 0.806. The first-order valence-corrected chi connectivity index (χ1v) is 17.9. The van der Waals surface area contributed by atoms with Crippen LogP contribution in [-0.4, -0.2) is 151 Å². The fourth-order valence-electron chi connectivity index (χ4n) is 3.95. The molecule has 0 fully saturated rings. The van der Waals surface area contributed by atoms with E-state index in [1.807, 2.05) is 30.3 Å². The maximum atomic E-state index is 11.5. The minimum Gasteiger partial charge on any atom is -0.463 e. The van der Waals surface area contributed by atoms with Gasteiger partial charge in [0, 0.05) is 6.42 Å². The molecular weight excluding hydrogens is 640 g/mol. The van der Waals surface area contributed by atoms with Crippen LogP contribution in [0.15, 0.2) is 30.3 Å². The number of hydrogen-bond donors (Lipinski definition) is 0. The Kier molecular flexibility index (Phi) is 36.1. The van der Waals surface area contributed by atoms with E-state index in [0.717, 1.165) is 31.2 Å². The molecule has 49 heavy (non-hydrogen) atoms. The van der Waals surface area contributed by atoms with E-state index in [1.165, 1.54) is 0 Å². The lowest BCUT2D eigenvalue weighted by atomic mass is 10.2. The van der Waals surface area contributed by atoms with Crippen molar-refractivity contribution < 1.29 is 61.6 Å². The van der Waals surface area contributed by atoms with Crippen LogP contribution < -0.4 is 0 Å². The van der Waals surface area contributed by atoms with E-state index in [2.05, 4.69) is 6.92 Å². The first kappa shape index (κ1) is 45.3. The molecule has 0 aromatic heterocycles. The van der Waals surface area contributed by atoms with Crippen LogP contribution in [0, 0.1) is 0 Å². The summed E-state index contributed by atoms with van der Waals surface area (Å²) >= 11 is 0. The van der Waals surface area contributed by atoms with Crippen molar-refractivity contribution in [1.29, 1.82) is 0 Å². The van der Waals surface area contributed by atoms with Crippen molar-refractivity contribution in [1.82, 2.24) is 0 Å². The number of benzene rings is 1. The van der Waals surface area contributed by atoms with Crippen LogP contribution >= 0.6 is 0 Å². The number of unbranched alkanes of at least 4 members (excludes halogenated alkanes) is 3. The highest BCUT2D eigenvalue weighted by molar-refractivity contribution is 5.69. The number of carbonyl (C=O) groups excluding carboxylic acids is 1. The first-order chi connectivity index (χ1) is 24.3. The Labute approximate surface area is 294 Å². The Balaban J connectivity index is 1.62. The largest absolute Gasteiger partial charge is 0.463 e. The van der Waals surface area contributed by atoms with Gasteiger partial charge in [-0.05, 0) is 12.0 Å². The van der Waals surface area contributed by atoms with E-state index in [1.54, 1.807) is 0 Å². The van der Waals surface area contributed by atoms with Gasteiger partial charge in [0.25, 0.3) is 0 Å². The van der Waals surface area contributed by atoms with Gasteiger partial charge in [-0.1, -0.05) is 56.5 Å². The average molecular weight is 705 g/mol. The molecule has 1 aromatic carbocycles. The van der Waals surface area contributed by atoms with Crippen LogP contribution in [0.5, 0.6) is 0 Å². The van der Waals surface area contributed by atoms with E-state index in [4.69, 9.17) is 56.8 Å². The summed E-state index contributed by atoms with van der Waals surface area (Å²) in [6, 6.07) is 10.1. The Bertz CT molecular complexity index is 787. The molecule has 1 rings (SSSR count). The zero-order valence-corrected chi connectivity index (χ0v) is 30.0. The van der Waals surface area contributed by atoms with Crippen LogP contribution in [0.4, 0.5) is 0 Å². The normalized spacial score (nSPS) is 11.4. The molecule has 0 aliphatic heterocycles. The highest BCUT2D eigenvalue weighted by atomic mass is 16.6. The summed E-state index contributed by atoms with van der Waals surface area (Å²) in [5.41, 5.74) is 1.16. The molecule has 0 unspecified atom stereocenters. The van der Waals surface area contributed by atoms with Gasteiger partial charge < -0.3 is 56.8 Å². The average Bonchev–Trinajstić information content (AvgIpc) is 3.12. The van der Waals surface area contributed by atoms with Crippen molar-refractivity contribution in [3.8, 4) is 0 Å². The zero-order valence-electron chi connectivity index (χ0n) is 30.0. The Morgan fingerprint density at radius 1 is 0.408 bits per heavy atom. The number of carbonyl (C=O) groups is 1. The van der Waals surface area contributed by atoms with Gasteiger partial charge in [0.1, 0.15) is 6.61 Å². The van der Waals surface area contributed by atoms with Gasteiger partial charge in [-0.15, -0.1) is 0 Å². The van der Waals surface area contributed by atoms with Gasteiger partial charge in [0.15, 0.2) is 0 Å². The van der Waals surface area contributed by atoms with Crippen LogP contribution in [0.2, 0.25) is 0 Å². The third-order valence-electron chi connectivity index (χ3n) is 6.56. The van der Waals surface area contributed by atoms with Crippen molar-refractivity contribution in [2.75, 3.05) is 145 Å². The van der Waals surface area contributed by atoms with E-state index in [0.29, 0.717) is 152 Å². The Morgan fingerprint density at radius 2 is 0.735 bits per heavy atom. The predicted molar refractivity (Wildman–Crippen MR) is 184 cm³/mol. The molecule has 0 heterocycles. The predicted octanol–water partition coefficient (Wildman–Crippen LogP) is 3.88. The third kappa shape index (κ3) is 35.9. The van der Waals surface area contributed by atoms with Crippen LogP contribution in [0.25, 0.3) is 0 Å². The van der Waals surface area contributed by atoms with Crippen LogP contribution in [0.1, 0.15) is 44.6 Å². The maximum Gasteiger partial charge on any atom is 0.305 e. The smallest absolute Gasteiger partial charge is 0.305 e. The second-order valence-corrected chi connectivity index (χ2v) is 10.7. The van der Waals surface area contributed by atoms with Gasteiger partial charge in [-0.2, -0.15) is 0 Å². The lowest BCUT2D eigenvalue weighted by Gasteiger charge is -2.09. The van der Waals surface area contributed by atoms with Crippen LogP contribution in [0.3, 0.4) is 0 Å². The molecule has 0 N–H and O–H groups in total. The summed E-state index contributed by atoms with van der Waals surface area (Å²) in [6.45, 7) is 13.5. The topological polar surface area (TPSA) is 128 Å². The van der Waals surface area contributed by atoms with Crippen molar-refractivity contribution in [3.05, 3.63) is 35.9 Å². The van der Waals surface area contributed by atoms with E-state index in [-0.39, 0.29) is 12.6 Å². The quantitative estimate of drug-likeness (QED) is 0.0725. The van der Waals surface area contributed by atoms with E-state index >= 15 is 0 Å². The van der Waals surface area contributed by atoms with Gasteiger partial charge in [0.05, 0.1) is 145 Å².